The Labute approximate surface area is 309 Å². The van der Waals surface area contributed by atoms with Crippen molar-refractivity contribution in [2.45, 2.75) is 0 Å². The van der Waals surface area contributed by atoms with Crippen LogP contribution in [0.25, 0.3) is 118 Å². The molecule has 0 nitrogen and oxygen atoms in total. The van der Waals surface area contributed by atoms with Gasteiger partial charge in [0.25, 0.3) is 0 Å². The van der Waals surface area contributed by atoms with Crippen LogP contribution in [0.4, 0.5) is 0 Å². The monoisotopic (exact) mass is 928 g/mol. The van der Waals surface area contributed by atoms with Gasteiger partial charge in [-0.3, -0.25) is 0 Å². The fourth-order valence-corrected chi connectivity index (χ4v) is 10.9. The van der Waals surface area contributed by atoms with Gasteiger partial charge >= 0.3 is 0 Å². The summed E-state index contributed by atoms with van der Waals surface area (Å²) in [5.41, 5.74) is 0. The van der Waals surface area contributed by atoms with Crippen molar-refractivity contribution in [2.24, 2.45) is 0 Å². The van der Waals surface area contributed by atoms with E-state index in [-0.39, 0.29) is 0 Å². The lowest BCUT2D eigenvalue weighted by Gasteiger charge is -2.25. The van der Waals surface area contributed by atoms with Gasteiger partial charge in [-0.15, -0.1) is 0 Å². The molecule has 0 N–H and O–H groups in total. The van der Waals surface area contributed by atoms with Gasteiger partial charge in [-0.05, 0) is 235 Å². The van der Waals surface area contributed by atoms with E-state index in [2.05, 4.69) is 183 Å². The van der Waals surface area contributed by atoms with Crippen LogP contribution in [0.15, 0.2) is 115 Å². The molecule has 0 atom stereocenters. The van der Waals surface area contributed by atoms with Crippen LogP contribution >= 0.6 is 67.8 Å². The molecule has 0 aliphatic rings. The molecule has 0 spiro atoms. The van der Waals surface area contributed by atoms with Crippen LogP contribution in [0.5, 0.6) is 0 Å². The number of benzene rings is 7. The fraction of sp³-hybridized carbons (Fsp3) is 0. The molecular formula is C44H19I3. The number of fused-ring (bicyclic) bond motifs is 4. The van der Waals surface area contributed by atoms with E-state index in [1.54, 1.807) is 0 Å². The van der Waals surface area contributed by atoms with E-state index in [1.165, 1.54) is 129 Å². The van der Waals surface area contributed by atoms with Crippen LogP contribution in [0, 0.1) is 10.7 Å². The smallest absolute Gasteiger partial charge is 0.0136 e. The summed E-state index contributed by atoms with van der Waals surface area (Å²) in [4.78, 5) is 0. The van der Waals surface area contributed by atoms with Gasteiger partial charge in [0, 0.05) is 10.7 Å². The topological polar surface area (TPSA) is 0 Å². The van der Waals surface area contributed by atoms with Crippen LogP contribution in [-0.2, 0) is 0 Å². The Balaban J connectivity index is 1.67. The summed E-state index contributed by atoms with van der Waals surface area (Å²) < 4.78 is 3.76. The molecule has 0 radical (unpaired) electrons. The molecule has 0 heterocycles. The Bertz CT molecular complexity index is 3330. The van der Waals surface area contributed by atoms with E-state index in [0.717, 1.165) is 0 Å². The predicted octanol–water partition coefficient (Wildman–Crippen LogP) is 14.5. The normalized spacial score (nSPS) is 13.0. The summed E-state index contributed by atoms with van der Waals surface area (Å²) in [7, 11) is 0. The first-order valence-electron chi connectivity index (χ1n) is 15.8. The van der Waals surface area contributed by atoms with Gasteiger partial charge < -0.3 is 0 Å². The number of halogens is 3. The van der Waals surface area contributed by atoms with E-state index in [0.29, 0.717) is 0 Å². The van der Waals surface area contributed by atoms with E-state index in [1.807, 2.05) is 0 Å². The van der Waals surface area contributed by atoms with Crippen LogP contribution < -0.4 is 0 Å². The summed E-state index contributed by atoms with van der Waals surface area (Å²) in [6.07, 6.45) is 0. The summed E-state index contributed by atoms with van der Waals surface area (Å²) in [5, 5.41) is 30.1. The minimum atomic E-state index is 1.25. The van der Waals surface area contributed by atoms with Gasteiger partial charge in [-0.2, -0.15) is 0 Å². The largest absolute Gasteiger partial charge is 0.0616 e. The predicted molar refractivity (Wildman–Crippen MR) is 231 cm³/mol. The highest BCUT2D eigenvalue weighted by atomic mass is 127. The summed E-state index contributed by atoms with van der Waals surface area (Å²) >= 11 is 7.53. The van der Waals surface area contributed by atoms with Crippen LogP contribution in [0.3, 0.4) is 0 Å². The first kappa shape index (κ1) is 26.4. The zero-order valence-corrected chi connectivity index (χ0v) is 31.1. The molecule has 0 unspecified atom stereocenters. The Morgan fingerprint density at radius 2 is 0.596 bits per heavy atom. The maximum atomic E-state index is 2.52. The highest BCUT2D eigenvalue weighted by Crippen LogP contribution is 2.57. The molecule has 216 valence electrons. The Kier molecular flexibility index (Phi) is 5.02. The Morgan fingerprint density at radius 1 is 0.234 bits per heavy atom. The number of rotatable bonds is 0. The third-order valence-corrected chi connectivity index (χ3v) is 12.9. The van der Waals surface area contributed by atoms with Crippen LogP contribution in [0.2, 0.25) is 0 Å². The van der Waals surface area contributed by atoms with Gasteiger partial charge in [0.2, 0.25) is 0 Å². The third-order valence-electron chi connectivity index (χ3n) is 10.9. The average molecular weight is 928 g/mol. The second kappa shape index (κ2) is 8.92. The molecule has 0 aromatic heterocycles. The van der Waals surface area contributed by atoms with Gasteiger partial charge in [-0.25, -0.2) is 0 Å². The summed E-state index contributed by atoms with van der Waals surface area (Å²) in [6, 6.07) is 44.7. The lowest BCUT2D eigenvalue weighted by atomic mass is 9.76. The highest BCUT2D eigenvalue weighted by Gasteiger charge is 2.28. The molecular weight excluding hydrogens is 909 g/mol. The fourth-order valence-electron chi connectivity index (χ4n) is 9.40. The molecule has 12 aromatic rings. The van der Waals surface area contributed by atoms with Gasteiger partial charge in [0.1, 0.15) is 0 Å². The van der Waals surface area contributed by atoms with Gasteiger partial charge in [0.05, 0.1) is 0 Å². The third kappa shape index (κ3) is 3.11. The SMILES string of the molecule is Ic1ccc2c3ccccc4c5cc(I)ccc6c7ccccc8c9cc(I)ccc%10cc%11cc(c1)c2c1c%11c(c%109)c(c87)c(c65)c1c34. The Hall–Kier alpha value is -3.53. The van der Waals surface area contributed by atoms with Crippen molar-refractivity contribution >= 4 is 186 Å². The molecule has 0 aliphatic carbocycles. The standard InChI is InChI=1S/C44H19I3/c45-23-11-13-30-26-5-1-4-8-29-33-19-25(47)12-14-31-27-6-2-3-7-28-32-18-24(46)10-9-20-15-21-16-22(17-23)35(30)41-36(21)40(34(20)32)42(38(27)28)44(39(31)33)43(41)37(26)29/h1-19H. The molecule has 12 aromatic carbocycles. The molecule has 0 saturated carbocycles. The molecule has 0 amide bonds. The maximum absolute atomic E-state index is 2.52. The zero-order valence-electron chi connectivity index (χ0n) is 24.6. The van der Waals surface area contributed by atoms with Crippen molar-refractivity contribution in [3.63, 3.8) is 0 Å². The molecule has 3 heteroatoms. The lowest BCUT2D eigenvalue weighted by Crippen LogP contribution is -1.96. The first-order chi connectivity index (χ1) is 23.1. The minimum Gasteiger partial charge on any atom is -0.0616 e. The molecule has 0 aliphatic heterocycles. The van der Waals surface area contributed by atoms with Gasteiger partial charge in [0.15, 0.2) is 0 Å². The van der Waals surface area contributed by atoms with Crippen molar-refractivity contribution in [2.75, 3.05) is 0 Å². The molecule has 0 bridgehead atoms. The highest BCUT2D eigenvalue weighted by molar-refractivity contribution is 14.1. The van der Waals surface area contributed by atoms with Crippen molar-refractivity contribution < 1.29 is 0 Å². The van der Waals surface area contributed by atoms with Crippen molar-refractivity contribution in [3.05, 3.63) is 126 Å². The van der Waals surface area contributed by atoms with Gasteiger partial charge in [-0.1, -0.05) is 66.7 Å². The minimum absolute atomic E-state index is 1.25. The second-order valence-electron chi connectivity index (χ2n) is 13.1. The van der Waals surface area contributed by atoms with E-state index < -0.39 is 0 Å². The lowest BCUT2D eigenvalue weighted by molar-refractivity contribution is 1.80. The van der Waals surface area contributed by atoms with Crippen LogP contribution in [-0.4, -0.2) is 0 Å². The maximum Gasteiger partial charge on any atom is 0.0136 e. The first-order valence-corrected chi connectivity index (χ1v) is 19.1. The Morgan fingerprint density at radius 3 is 1.19 bits per heavy atom. The molecule has 0 fully saturated rings. The molecule has 0 saturated heterocycles. The number of hydrogen-bond donors (Lipinski definition) is 0. The summed E-state index contributed by atoms with van der Waals surface area (Å²) in [6.45, 7) is 0. The quantitative estimate of drug-likeness (QED) is 0.0808. The van der Waals surface area contributed by atoms with Crippen LogP contribution in [0.1, 0.15) is 0 Å². The molecule has 47 heavy (non-hydrogen) atoms. The van der Waals surface area contributed by atoms with Crippen molar-refractivity contribution in [3.8, 4) is 0 Å². The zero-order chi connectivity index (χ0) is 30.9. The number of hydrogen-bond acceptors (Lipinski definition) is 0. The van der Waals surface area contributed by atoms with E-state index >= 15 is 0 Å². The van der Waals surface area contributed by atoms with Crippen molar-refractivity contribution in [1.29, 1.82) is 0 Å². The van der Waals surface area contributed by atoms with E-state index in [9.17, 15) is 0 Å². The molecule has 12 rings (SSSR count). The summed E-state index contributed by atoms with van der Waals surface area (Å²) in [5.74, 6) is 0. The average Bonchev–Trinajstić information content (AvgIpc) is 3.60. The van der Waals surface area contributed by atoms with Crippen molar-refractivity contribution in [1.82, 2.24) is 0 Å². The second-order valence-corrected chi connectivity index (χ2v) is 16.9. The van der Waals surface area contributed by atoms with E-state index in [4.69, 9.17) is 0 Å².